The molecule has 22 heavy (non-hydrogen) atoms. The highest BCUT2D eigenvalue weighted by molar-refractivity contribution is 7.15. The van der Waals surface area contributed by atoms with Gasteiger partial charge in [0.05, 0.1) is 27.0 Å². The molecule has 0 unspecified atom stereocenters. The number of rotatable bonds is 3. The highest BCUT2D eigenvalue weighted by Gasteiger charge is 2.15. The lowest BCUT2D eigenvalue weighted by Gasteiger charge is -2.21. The van der Waals surface area contributed by atoms with Crippen molar-refractivity contribution in [3.63, 3.8) is 0 Å². The summed E-state index contributed by atoms with van der Waals surface area (Å²) in [6.45, 7) is 1.89. The molecule has 6 nitrogen and oxygen atoms in total. The van der Waals surface area contributed by atoms with E-state index in [4.69, 9.17) is 16.8 Å². The zero-order valence-corrected chi connectivity index (χ0v) is 13.0. The summed E-state index contributed by atoms with van der Waals surface area (Å²) in [5.74, 6) is 0. The predicted molar refractivity (Wildman–Crippen MR) is 86.0 cm³/mol. The van der Waals surface area contributed by atoms with Crippen LogP contribution < -0.4 is 5.23 Å². The molecule has 0 amide bonds. The van der Waals surface area contributed by atoms with Crippen molar-refractivity contribution in [2.24, 2.45) is 0 Å². The van der Waals surface area contributed by atoms with Gasteiger partial charge in [-0.25, -0.2) is 15.0 Å². The maximum absolute atomic E-state index is 11.1. The number of aromatic nitrogens is 3. The molecule has 2 heterocycles. The third kappa shape index (κ3) is 2.93. The number of nitrogens with zero attached hydrogens (tertiary/aromatic N) is 4. The van der Waals surface area contributed by atoms with Gasteiger partial charge in [0.2, 0.25) is 5.28 Å². The zero-order chi connectivity index (χ0) is 15.7. The fraction of sp³-hybridized carbons (Fsp3) is 0.0714. The molecule has 0 saturated heterocycles. The Morgan fingerprint density at radius 2 is 2.09 bits per heavy atom. The van der Waals surface area contributed by atoms with Gasteiger partial charge >= 0.3 is 0 Å². The van der Waals surface area contributed by atoms with Crippen LogP contribution in [0.2, 0.25) is 5.28 Å². The van der Waals surface area contributed by atoms with Crippen molar-refractivity contribution < 1.29 is 5.21 Å². The number of halogens is 1. The minimum Gasteiger partial charge on any atom is -0.733 e. The van der Waals surface area contributed by atoms with Crippen LogP contribution in [0.4, 0.5) is 5.69 Å². The van der Waals surface area contributed by atoms with E-state index in [0.717, 1.165) is 9.88 Å². The Balaban J connectivity index is 2.14. The van der Waals surface area contributed by atoms with Crippen molar-refractivity contribution in [3.8, 4) is 21.8 Å². The molecule has 0 aliphatic rings. The molecule has 0 radical (unpaired) electrons. The van der Waals surface area contributed by atoms with Crippen LogP contribution in [0.5, 0.6) is 0 Å². The maximum atomic E-state index is 11.1. The molecule has 0 bridgehead atoms. The molecule has 0 aliphatic heterocycles. The Morgan fingerprint density at radius 3 is 2.82 bits per heavy atom. The Bertz CT molecular complexity index is 822. The molecule has 3 aromatic rings. The average molecular weight is 334 g/mol. The van der Waals surface area contributed by atoms with E-state index >= 15 is 0 Å². The number of thiazole rings is 1. The predicted octanol–water partition coefficient (Wildman–Crippen LogP) is 3.92. The topological polar surface area (TPSA) is 85.2 Å². The van der Waals surface area contributed by atoms with Crippen molar-refractivity contribution in [2.45, 2.75) is 6.92 Å². The third-order valence-electron chi connectivity index (χ3n) is 2.93. The Labute approximate surface area is 135 Å². The van der Waals surface area contributed by atoms with Crippen LogP contribution in [0.1, 0.15) is 5.01 Å². The average Bonchev–Trinajstić information content (AvgIpc) is 2.89. The van der Waals surface area contributed by atoms with Crippen LogP contribution in [0.25, 0.3) is 21.8 Å². The van der Waals surface area contributed by atoms with Crippen molar-refractivity contribution in [3.05, 3.63) is 52.0 Å². The highest BCUT2D eigenvalue weighted by Crippen LogP contribution is 2.36. The fourth-order valence-corrected chi connectivity index (χ4v) is 3.09. The fourth-order valence-electron chi connectivity index (χ4n) is 2.03. The first-order chi connectivity index (χ1) is 10.5. The van der Waals surface area contributed by atoms with Gasteiger partial charge in [0.25, 0.3) is 0 Å². The summed E-state index contributed by atoms with van der Waals surface area (Å²) in [6.07, 6.45) is 1.58. The Morgan fingerprint density at radius 1 is 1.27 bits per heavy atom. The number of hydrogen-bond acceptors (Lipinski definition) is 7. The second-order valence-corrected chi connectivity index (χ2v) is 5.99. The molecular formula is C14H10ClN4O2S-. The number of hydrogen-bond donors (Lipinski definition) is 1. The van der Waals surface area contributed by atoms with E-state index in [-0.39, 0.29) is 16.2 Å². The van der Waals surface area contributed by atoms with E-state index in [1.807, 2.05) is 13.0 Å². The van der Waals surface area contributed by atoms with Crippen LogP contribution in [0.15, 0.2) is 36.5 Å². The summed E-state index contributed by atoms with van der Waals surface area (Å²) in [5, 5.41) is 20.9. The minimum absolute atomic E-state index is 0.134. The van der Waals surface area contributed by atoms with E-state index < -0.39 is 0 Å². The molecule has 112 valence electrons. The molecule has 0 atom stereocenters. The first-order valence-electron chi connectivity index (χ1n) is 6.27. The second kappa shape index (κ2) is 5.98. The summed E-state index contributed by atoms with van der Waals surface area (Å²) < 4.78 is 0. The van der Waals surface area contributed by atoms with Gasteiger partial charge in [-0.2, -0.15) is 0 Å². The summed E-state index contributed by atoms with van der Waals surface area (Å²) in [4.78, 5) is 13.4. The summed E-state index contributed by atoms with van der Waals surface area (Å²) in [7, 11) is 0. The third-order valence-corrected chi connectivity index (χ3v) is 4.11. The van der Waals surface area contributed by atoms with Crippen LogP contribution >= 0.6 is 22.9 Å². The molecule has 1 N–H and O–H groups in total. The lowest BCUT2D eigenvalue weighted by Crippen LogP contribution is -2.06. The van der Waals surface area contributed by atoms with Crippen LogP contribution in [-0.4, -0.2) is 20.2 Å². The Kier molecular flexibility index (Phi) is 4.04. The van der Waals surface area contributed by atoms with Gasteiger partial charge < -0.3 is 10.4 Å². The molecular weight excluding hydrogens is 324 g/mol. The van der Waals surface area contributed by atoms with E-state index in [1.165, 1.54) is 17.4 Å². The Hall–Kier alpha value is -2.06. The minimum atomic E-state index is -0.177. The molecule has 3 rings (SSSR count). The van der Waals surface area contributed by atoms with Gasteiger partial charge in [-0.05, 0) is 36.7 Å². The van der Waals surface area contributed by atoms with Gasteiger partial charge in [-0.15, -0.1) is 11.3 Å². The largest absolute Gasteiger partial charge is 0.733 e. The van der Waals surface area contributed by atoms with E-state index in [2.05, 4.69) is 15.0 Å². The van der Waals surface area contributed by atoms with Crippen molar-refractivity contribution in [1.82, 2.24) is 15.0 Å². The second-order valence-electron chi connectivity index (χ2n) is 4.44. The number of anilines is 1. The van der Waals surface area contributed by atoms with E-state index in [0.29, 0.717) is 17.0 Å². The van der Waals surface area contributed by atoms with Crippen molar-refractivity contribution in [2.75, 3.05) is 5.23 Å². The monoisotopic (exact) mass is 333 g/mol. The standard InChI is InChI=1S/C14H10ClN4O2S/c1-8-17-12(9-3-2-4-10(7-9)19(20)21)13(22-8)11-5-6-16-14(15)18-11/h2-7,20H,1H3/q-1. The highest BCUT2D eigenvalue weighted by atomic mass is 35.5. The van der Waals surface area contributed by atoms with Crippen LogP contribution in [0, 0.1) is 12.1 Å². The molecule has 0 fully saturated rings. The SMILES string of the molecule is Cc1nc(-c2cccc(N([O-])O)c2)c(-c2ccnc(Cl)n2)s1. The first kappa shape index (κ1) is 14.9. The smallest absolute Gasteiger partial charge is 0.222 e. The summed E-state index contributed by atoms with van der Waals surface area (Å²) >= 11 is 7.32. The van der Waals surface area contributed by atoms with Crippen LogP contribution in [0.3, 0.4) is 0 Å². The van der Waals surface area contributed by atoms with Crippen LogP contribution in [-0.2, 0) is 0 Å². The van der Waals surface area contributed by atoms with Crippen molar-refractivity contribution in [1.29, 1.82) is 0 Å². The molecule has 1 aromatic carbocycles. The number of aryl methyl sites for hydroxylation is 1. The molecule has 0 aliphatic carbocycles. The zero-order valence-electron chi connectivity index (χ0n) is 11.4. The van der Waals surface area contributed by atoms with Gasteiger partial charge in [-0.1, -0.05) is 12.1 Å². The normalized spacial score (nSPS) is 10.7. The maximum Gasteiger partial charge on any atom is 0.222 e. The van der Waals surface area contributed by atoms with E-state index in [1.54, 1.807) is 24.4 Å². The quantitative estimate of drug-likeness (QED) is 0.577. The lowest BCUT2D eigenvalue weighted by molar-refractivity contribution is 0.296. The van der Waals surface area contributed by atoms with Crippen molar-refractivity contribution >= 4 is 28.6 Å². The van der Waals surface area contributed by atoms with Gasteiger partial charge in [0.1, 0.15) is 0 Å². The molecule has 0 spiro atoms. The van der Waals surface area contributed by atoms with Gasteiger partial charge in [0.15, 0.2) is 0 Å². The molecule has 8 heteroatoms. The first-order valence-corrected chi connectivity index (χ1v) is 7.47. The summed E-state index contributed by atoms with van der Waals surface area (Å²) in [6, 6.07) is 8.31. The van der Waals surface area contributed by atoms with Gasteiger partial charge in [0, 0.05) is 11.8 Å². The molecule has 0 saturated carbocycles. The van der Waals surface area contributed by atoms with Gasteiger partial charge in [-0.3, -0.25) is 5.21 Å². The van der Waals surface area contributed by atoms with E-state index in [9.17, 15) is 5.21 Å². The summed E-state index contributed by atoms with van der Waals surface area (Å²) in [5.41, 5.74) is 2.19. The lowest BCUT2D eigenvalue weighted by atomic mass is 10.1. The molecule has 2 aromatic heterocycles. The number of benzene rings is 1.